The molecule has 1 atom stereocenters. The van der Waals surface area contributed by atoms with Crippen molar-refractivity contribution in [2.45, 2.75) is 12.5 Å². The molecule has 0 aromatic heterocycles. The zero-order valence-electron chi connectivity index (χ0n) is 12.9. The van der Waals surface area contributed by atoms with Gasteiger partial charge in [0.25, 0.3) is 0 Å². The Morgan fingerprint density at radius 3 is 2.67 bits per heavy atom. The first kappa shape index (κ1) is 16.5. The molecule has 0 saturated carbocycles. The summed E-state index contributed by atoms with van der Waals surface area (Å²) in [5, 5.41) is 3.18. The minimum atomic E-state index is -0.735. The highest BCUT2D eigenvalue weighted by atomic mass is 19.1. The molecule has 0 radical (unpaired) electrons. The van der Waals surface area contributed by atoms with Crippen molar-refractivity contribution in [3.05, 3.63) is 71.0 Å². The summed E-state index contributed by atoms with van der Waals surface area (Å²) in [6.07, 6.45) is -0.155. The fraction of sp³-hybridized carbons (Fsp3) is 0.278. The fourth-order valence-corrected chi connectivity index (χ4v) is 2.94. The summed E-state index contributed by atoms with van der Waals surface area (Å²) >= 11 is 0. The maximum Gasteiger partial charge on any atom is 0.227 e. The van der Waals surface area contributed by atoms with E-state index in [0.717, 1.165) is 12.1 Å². The van der Waals surface area contributed by atoms with Gasteiger partial charge in [-0.2, -0.15) is 0 Å². The van der Waals surface area contributed by atoms with Crippen molar-refractivity contribution in [1.29, 1.82) is 0 Å². The average molecular weight is 334 g/mol. The van der Waals surface area contributed by atoms with Crippen LogP contribution in [-0.2, 0) is 11.2 Å². The van der Waals surface area contributed by atoms with E-state index < -0.39 is 11.6 Å². The zero-order chi connectivity index (χ0) is 17.1. The molecule has 1 fully saturated rings. The fourth-order valence-electron chi connectivity index (χ4n) is 2.94. The number of amides is 1. The van der Waals surface area contributed by atoms with Gasteiger partial charge >= 0.3 is 0 Å². The second-order valence-corrected chi connectivity index (χ2v) is 5.77. The lowest BCUT2D eigenvalue weighted by molar-refractivity contribution is -0.133. The third kappa shape index (κ3) is 3.59. The van der Waals surface area contributed by atoms with Gasteiger partial charge in [-0.3, -0.25) is 4.79 Å². The molecule has 2 aromatic carbocycles. The third-order valence-corrected chi connectivity index (χ3v) is 4.15. The van der Waals surface area contributed by atoms with Crippen LogP contribution in [0.15, 0.2) is 42.5 Å². The quantitative estimate of drug-likeness (QED) is 0.936. The molecule has 0 aliphatic carbocycles. The number of rotatable bonds is 3. The minimum Gasteiger partial charge on any atom is -0.333 e. The van der Waals surface area contributed by atoms with E-state index in [0.29, 0.717) is 25.2 Å². The molecule has 1 unspecified atom stereocenters. The predicted octanol–water partition coefficient (Wildman–Crippen LogP) is 2.82. The van der Waals surface area contributed by atoms with Crippen LogP contribution in [0.25, 0.3) is 0 Å². The molecule has 6 heteroatoms. The first-order valence-electron chi connectivity index (χ1n) is 7.74. The first-order chi connectivity index (χ1) is 11.5. The first-order valence-corrected chi connectivity index (χ1v) is 7.74. The van der Waals surface area contributed by atoms with E-state index in [4.69, 9.17) is 0 Å². The molecule has 1 aliphatic rings. The van der Waals surface area contributed by atoms with E-state index in [-0.39, 0.29) is 29.8 Å². The third-order valence-electron chi connectivity index (χ3n) is 4.15. The normalized spacial score (nSPS) is 17.8. The Kier molecular flexibility index (Phi) is 4.85. The van der Waals surface area contributed by atoms with Gasteiger partial charge in [0.2, 0.25) is 5.91 Å². The highest BCUT2D eigenvalue weighted by molar-refractivity contribution is 5.79. The highest BCUT2D eigenvalue weighted by Gasteiger charge is 2.28. The number of hydrogen-bond donors (Lipinski definition) is 1. The number of halogens is 3. The molecule has 1 N–H and O–H groups in total. The van der Waals surface area contributed by atoms with Crippen LogP contribution in [0.4, 0.5) is 13.2 Å². The Labute approximate surface area is 138 Å². The summed E-state index contributed by atoms with van der Waals surface area (Å²) in [4.78, 5) is 14.2. The largest absolute Gasteiger partial charge is 0.333 e. The van der Waals surface area contributed by atoms with Gasteiger partial charge in [-0.25, -0.2) is 13.2 Å². The number of piperazine rings is 1. The molecule has 0 spiro atoms. The maximum absolute atomic E-state index is 13.8. The van der Waals surface area contributed by atoms with E-state index in [1.165, 1.54) is 18.2 Å². The van der Waals surface area contributed by atoms with Crippen molar-refractivity contribution in [2.75, 3.05) is 19.6 Å². The zero-order valence-corrected chi connectivity index (χ0v) is 12.9. The molecule has 3 nitrogen and oxygen atoms in total. The number of carbonyl (C=O) groups excluding carboxylic acids is 1. The molecule has 0 bridgehead atoms. The summed E-state index contributed by atoms with van der Waals surface area (Å²) in [7, 11) is 0. The Balaban J connectivity index is 1.81. The van der Waals surface area contributed by atoms with Crippen LogP contribution >= 0.6 is 0 Å². The summed E-state index contributed by atoms with van der Waals surface area (Å²) in [5.74, 6) is -2.05. The van der Waals surface area contributed by atoms with Crippen molar-refractivity contribution < 1.29 is 18.0 Å². The van der Waals surface area contributed by atoms with Crippen molar-refractivity contribution in [1.82, 2.24) is 10.2 Å². The van der Waals surface area contributed by atoms with E-state index in [2.05, 4.69) is 5.32 Å². The summed E-state index contributed by atoms with van der Waals surface area (Å²) < 4.78 is 40.2. The maximum atomic E-state index is 13.8. The number of benzene rings is 2. The summed E-state index contributed by atoms with van der Waals surface area (Å²) in [6, 6.07) is 8.97. The van der Waals surface area contributed by atoms with E-state index in [9.17, 15) is 18.0 Å². The van der Waals surface area contributed by atoms with Gasteiger partial charge in [0.15, 0.2) is 0 Å². The van der Waals surface area contributed by atoms with Gasteiger partial charge in [0, 0.05) is 25.7 Å². The molecule has 1 aliphatic heterocycles. The molecular weight excluding hydrogens is 317 g/mol. The molecule has 1 saturated heterocycles. The second-order valence-electron chi connectivity index (χ2n) is 5.77. The van der Waals surface area contributed by atoms with Gasteiger partial charge < -0.3 is 10.2 Å². The van der Waals surface area contributed by atoms with E-state index in [1.807, 2.05) is 0 Å². The van der Waals surface area contributed by atoms with Crippen LogP contribution in [0.3, 0.4) is 0 Å². The Morgan fingerprint density at radius 2 is 1.92 bits per heavy atom. The number of carbonyl (C=O) groups is 1. The summed E-state index contributed by atoms with van der Waals surface area (Å²) in [6.45, 7) is 1.56. The van der Waals surface area contributed by atoms with Crippen LogP contribution in [0.2, 0.25) is 0 Å². The molecule has 126 valence electrons. The van der Waals surface area contributed by atoms with Crippen LogP contribution < -0.4 is 5.32 Å². The Morgan fingerprint density at radius 1 is 1.12 bits per heavy atom. The molecular formula is C18H17F3N2O. The standard InChI is InChI=1S/C18H17F3N2O/c19-14-3-1-2-13(8-14)17-11-22-6-7-23(17)18(24)9-12-4-5-15(20)10-16(12)21/h1-5,8,10,17,22H,6-7,9,11H2. The van der Waals surface area contributed by atoms with E-state index >= 15 is 0 Å². The SMILES string of the molecule is O=C(Cc1ccc(F)cc1F)N1CCNCC1c1cccc(F)c1. The van der Waals surface area contributed by atoms with Gasteiger partial charge in [-0.1, -0.05) is 18.2 Å². The summed E-state index contributed by atoms with van der Waals surface area (Å²) in [5.41, 5.74) is 0.841. The molecule has 2 aromatic rings. The molecule has 1 amide bonds. The van der Waals surface area contributed by atoms with Crippen LogP contribution in [0.1, 0.15) is 17.2 Å². The van der Waals surface area contributed by atoms with Crippen molar-refractivity contribution in [3.8, 4) is 0 Å². The monoisotopic (exact) mass is 334 g/mol. The van der Waals surface area contributed by atoms with Gasteiger partial charge in [-0.05, 0) is 29.3 Å². The highest BCUT2D eigenvalue weighted by Crippen LogP contribution is 2.24. The lowest BCUT2D eigenvalue weighted by Gasteiger charge is -2.36. The number of hydrogen-bond acceptors (Lipinski definition) is 2. The Hall–Kier alpha value is -2.34. The van der Waals surface area contributed by atoms with Crippen molar-refractivity contribution in [3.63, 3.8) is 0 Å². The smallest absolute Gasteiger partial charge is 0.227 e. The molecule has 1 heterocycles. The van der Waals surface area contributed by atoms with Crippen LogP contribution in [-0.4, -0.2) is 30.4 Å². The van der Waals surface area contributed by atoms with Crippen LogP contribution in [0, 0.1) is 17.5 Å². The van der Waals surface area contributed by atoms with E-state index in [1.54, 1.807) is 17.0 Å². The van der Waals surface area contributed by atoms with Crippen molar-refractivity contribution >= 4 is 5.91 Å². The van der Waals surface area contributed by atoms with Gasteiger partial charge in [-0.15, -0.1) is 0 Å². The van der Waals surface area contributed by atoms with Crippen LogP contribution in [0.5, 0.6) is 0 Å². The lowest BCUT2D eigenvalue weighted by atomic mass is 10.0. The topological polar surface area (TPSA) is 32.3 Å². The lowest BCUT2D eigenvalue weighted by Crippen LogP contribution is -2.49. The van der Waals surface area contributed by atoms with Gasteiger partial charge in [0.1, 0.15) is 17.5 Å². The molecule has 3 rings (SSSR count). The number of nitrogens with zero attached hydrogens (tertiary/aromatic N) is 1. The minimum absolute atomic E-state index is 0.151. The number of nitrogens with one attached hydrogen (secondary N) is 1. The second kappa shape index (κ2) is 7.05. The molecule has 24 heavy (non-hydrogen) atoms. The average Bonchev–Trinajstić information content (AvgIpc) is 2.57. The Bertz CT molecular complexity index is 751. The predicted molar refractivity (Wildman–Crippen MR) is 83.8 cm³/mol. The van der Waals surface area contributed by atoms with Crippen molar-refractivity contribution in [2.24, 2.45) is 0 Å². The van der Waals surface area contributed by atoms with Gasteiger partial charge in [0.05, 0.1) is 12.5 Å².